The first-order valence-electron chi connectivity index (χ1n) is 4.20. The van der Waals surface area contributed by atoms with E-state index in [0.29, 0.717) is 0 Å². The van der Waals surface area contributed by atoms with Crippen LogP contribution in [0.2, 0.25) is 0 Å². The fourth-order valence-electron chi connectivity index (χ4n) is 2.11. The molecule has 3 heterocycles. The van der Waals surface area contributed by atoms with Crippen molar-refractivity contribution < 1.29 is 25.3 Å². The second-order valence-corrected chi connectivity index (χ2v) is 12.0. The zero-order valence-electron chi connectivity index (χ0n) is 7.87. The van der Waals surface area contributed by atoms with Crippen LogP contribution in [0.15, 0.2) is 0 Å². The third-order valence-electron chi connectivity index (χ3n) is 3.06. The van der Waals surface area contributed by atoms with Crippen LogP contribution in [0.3, 0.4) is 0 Å². The third-order valence-corrected chi connectivity index (χ3v) is 13.8. The summed E-state index contributed by atoms with van der Waals surface area (Å²) in [5.74, 6) is -1.84. The molecule has 88 valence electrons. The third kappa shape index (κ3) is 1.11. The second kappa shape index (κ2) is 2.57. The van der Waals surface area contributed by atoms with Gasteiger partial charge < -0.3 is 0 Å². The summed E-state index contributed by atoms with van der Waals surface area (Å²) in [6.45, 7) is 0.794. The lowest BCUT2D eigenvalue weighted by Crippen LogP contribution is -2.64. The van der Waals surface area contributed by atoms with Crippen LogP contribution < -0.4 is 0 Å². The predicted molar refractivity (Wildman–Crippen MR) is 53.3 cm³/mol. The van der Waals surface area contributed by atoms with Crippen molar-refractivity contribution in [1.82, 2.24) is 0 Å². The van der Waals surface area contributed by atoms with Crippen LogP contribution in [0.1, 0.15) is 6.92 Å². The maximum atomic E-state index is 11.6. The molecule has 0 aromatic rings. The smallest absolute Gasteiger partial charge is 0.226 e. The Kier molecular flexibility index (Phi) is 1.94. The SMILES string of the molecule is CC12S(=O)(=O)CC(CS1(=O)=O)CS2(=O)=O. The summed E-state index contributed by atoms with van der Waals surface area (Å²) in [5.41, 5.74) is 0. The maximum absolute atomic E-state index is 11.6. The number of fused-ring (bicyclic) bond motifs is 3. The summed E-state index contributed by atoms with van der Waals surface area (Å²) in [6, 6.07) is 0. The molecule has 0 unspecified atom stereocenters. The molecule has 0 amide bonds. The van der Waals surface area contributed by atoms with Crippen LogP contribution in [-0.2, 0) is 29.5 Å². The van der Waals surface area contributed by atoms with Gasteiger partial charge in [-0.25, -0.2) is 25.3 Å². The van der Waals surface area contributed by atoms with Gasteiger partial charge in [-0.15, -0.1) is 0 Å². The lowest BCUT2D eigenvalue weighted by atomic mass is 10.3. The van der Waals surface area contributed by atoms with E-state index in [1.54, 1.807) is 0 Å². The number of hydrogen-bond donors (Lipinski definition) is 0. The van der Waals surface area contributed by atoms with Crippen molar-refractivity contribution in [3.05, 3.63) is 0 Å². The first kappa shape index (κ1) is 11.3. The molecule has 3 rings (SSSR count). The Labute approximate surface area is 88.4 Å². The van der Waals surface area contributed by atoms with E-state index in [2.05, 4.69) is 0 Å². The Bertz CT molecular complexity index is 519. The van der Waals surface area contributed by atoms with Crippen LogP contribution in [-0.4, -0.2) is 45.9 Å². The van der Waals surface area contributed by atoms with Gasteiger partial charge in [-0.3, -0.25) is 0 Å². The largest absolute Gasteiger partial charge is 0.269 e. The van der Waals surface area contributed by atoms with E-state index in [9.17, 15) is 25.3 Å². The maximum Gasteiger partial charge on any atom is 0.269 e. The fraction of sp³-hybridized carbons (Fsp3) is 1.00. The van der Waals surface area contributed by atoms with Gasteiger partial charge in [0.25, 0.3) is 3.41 Å². The lowest BCUT2D eigenvalue weighted by molar-refractivity contribution is 0.510. The molecule has 3 aliphatic heterocycles. The Morgan fingerprint density at radius 2 is 1.07 bits per heavy atom. The van der Waals surface area contributed by atoms with E-state index in [-0.39, 0.29) is 17.3 Å². The molecule has 3 fully saturated rings. The summed E-state index contributed by atoms with van der Waals surface area (Å²) in [4.78, 5) is 0. The van der Waals surface area contributed by atoms with Crippen molar-refractivity contribution in [3.8, 4) is 0 Å². The van der Waals surface area contributed by atoms with Gasteiger partial charge in [0.2, 0.25) is 0 Å². The number of rotatable bonds is 0. The standard InChI is InChI=1S/C6H10O6S3/c1-6-13(7,8)2-5(3-14(6,9)10)4-15(6,11)12/h5H,2-4H2,1H3. The molecular weight excluding hydrogens is 264 g/mol. The zero-order valence-corrected chi connectivity index (χ0v) is 10.3. The Hall–Kier alpha value is -0.150. The van der Waals surface area contributed by atoms with Gasteiger partial charge in [-0.1, -0.05) is 0 Å². The van der Waals surface area contributed by atoms with E-state index in [1.807, 2.05) is 0 Å². The molecule has 9 heteroatoms. The van der Waals surface area contributed by atoms with E-state index in [4.69, 9.17) is 0 Å². The lowest BCUT2D eigenvalue weighted by Gasteiger charge is -2.41. The van der Waals surface area contributed by atoms with Crippen molar-refractivity contribution in [3.63, 3.8) is 0 Å². The van der Waals surface area contributed by atoms with Crippen LogP contribution in [0, 0.1) is 5.92 Å². The molecule has 0 aromatic heterocycles. The van der Waals surface area contributed by atoms with Crippen molar-refractivity contribution >= 4 is 29.5 Å². The minimum atomic E-state index is -4.11. The highest BCUT2D eigenvalue weighted by Crippen LogP contribution is 2.44. The Balaban J connectivity index is 2.93. The Morgan fingerprint density at radius 3 is 1.27 bits per heavy atom. The Morgan fingerprint density at radius 1 is 0.800 bits per heavy atom. The van der Waals surface area contributed by atoms with Crippen LogP contribution in [0.4, 0.5) is 0 Å². The summed E-state index contributed by atoms with van der Waals surface area (Å²) >= 11 is 0. The fourth-order valence-corrected chi connectivity index (χ4v) is 11.9. The highest BCUT2D eigenvalue weighted by molar-refractivity contribution is 8.26. The summed E-state index contributed by atoms with van der Waals surface area (Å²) in [7, 11) is -12.3. The summed E-state index contributed by atoms with van der Waals surface area (Å²) in [5, 5.41) is 0. The topological polar surface area (TPSA) is 102 Å². The molecule has 2 bridgehead atoms. The van der Waals surface area contributed by atoms with Gasteiger partial charge in [0.05, 0.1) is 17.3 Å². The van der Waals surface area contributed by atoms with Crippen LogP contribution in [0.5, 0.6) is 0 Å². The molecule has 0 aromatic carbocycles. The van der Waals surface area contributed by atoms with Gasteiger partial charge in [0, 0.05) is 5.92 Å². The molecule has 0 radical (unpaired) electrons. The monoisotopic (exact) mass is 274 g/mol. The summed E-state index contributed by atoms with van der Waals surface area (Å²) in [6.07, 6.45) is 0. The predicted octanol–water partition coefficient (Wildman–Crippen LogP) is -1.45. The van der Waals surface area contributed by atoms with Gasteiger partial charge in [0.15, 0.2) is 29.5 Å². The minimum absolute atomic E-state index is 0.345. The first-order chi connectivity index (χ1) is 6.54. The molecule has 0 N–H and O–H groups in total. The molecule has 0 atom stereocenters. The van der Waals surface area contributed by atoms with E-state index >= 15 is 0 Å². The van der Waals surface area contributed by atoms with Crippen molar-refractivity contribution in [2.75, 3.05) is 17.3 Å². The molecule has 3 saturated heterocycles. The van der Waals surface area contributed by atoms with Crippen molar-refractivity contribution in [2.24, 2.45) is 5.92 Å². The van der Waals surface area contributed by atoms with E-state index < -0.39 is 38.8 Å². The van der Waals surface area contributed by atoms with Crippen molar-refractivity contribution in [1.29, 1.82) is 0 Å². The zero-order chi connectivity index (χ0) is 11.7. The number of hydrogen-bond acceptors (Lipinski definition) is 6. The quantitative estimate of drug-likeness (QED) is 0.535. The highest BCUT2D eigenvalue weighted by atomic mass is 32.3. The molecule has 0 spiro atoms. The molecule has 0 saturated carbocycles. The van der Waals surface area contributed by atoms with Gasteiger partial charge in [-0.2, -0.15) is 0 Å². The molecular formula is C6H10O6S3. The van der Waals surface area contributed by atoms with Crippen LogP contribution in [0.25, 0.3) is 0 Å². The minimum Gasteiger partial charge on any atom is -0.226 e. The molecule has 0 aliphatic carbocycles. The summed E-state index contributed by atoms with van der Waals surface area (Å²) < 4.78 is 67.2. The highest BCUT2D eigenvalue weighted by Gasteiger charge is 2.68. The van der Waals surface area contributed by atoms with Gasteiger partial charge >= 0.3 is 0 Å². The van der Waals surface area contributed by atoms with Gasteiger partial charge in [-0.05, 0) is 6.92 Å². The van der Waals surface area contributed by atoms with Crippen molar-refractivity contribution in [2.45, 2.75) is 10.3 Å². The second-order valence-electron chi connectivity index (χ2n) is 4.07. The molecule has 15 heavy (non-hydrogen) atoms. The van der Waals surface area contributed by atoms with Gasteiger partial charge in [0.1, 0.15) is 0 Å². The normalized spacial score (nSPS) is 45.0. The molecule has 6 nitrogen and oxygen atoms in total. The number of sulfone groups is 3. The van der Waals surface area contributed by atoms with E-state index in [0.717, 1.165) is 6.92 Å². The first-order valence-corrected chi connectivity index (χ1v) is 9.16. The van der Waals surface area contributed by atoms with Crippen LogP contribution >= 0.6 is 0 Å². The van der Waals surface area contributed by atoms with E-state index in [1.165, 1.54) is 0 Å². The average molecular weight is 274 g/mol. The molecule has 3 aliphatic rings. The average Bonchev–Trinajstić information content (AvgIpc) is 1.93.